The molecule has 0 radical (unpaired) electrons. The van der Waals surface area contributed by atoms with Gasteiger partial charge in [0, 0.05) is 16.8 Å². The van der Waals surface area contributed by atoms with Crippen molar-refractivity contribution < 1.29 is 19.2 Å². The molecule has 2 aromatic rings. The molecule has 1 unspecified atom stereocenters. The second kappa shape index (κ2) is 7.50. The van der Waals surface area contributed by atoms with Crippen LogP contribution >= 0.6 is 0 Å². The van der Waals surface area contributed by atoms with Crippen LogP contribution in [0.25, 0.3) is 0 Å². The molecule has 0 bridgehead atoms. The maximum absolute atomic E-state index is 12.7. The lowest BCUT2D eigenvalue weighted by molar-refractivity contribution is -0.123. The number of carbonyl (C=O) groups excluding carboxylic acids is 4. The van der Waals surface area contributed by atoms with Crippen molar-refractivity contribution in [3.05, 3.63) is 59.7 Å². The van der Waals surface area contributed by atoms with Gasteiger partial charge in [-0.3, -0.25) is 24.1 Å². The first-order valence-electron chi connectivity index (χ1n) is 9.29. The van der Waals surface area contributed by atoms with E-state index in [2.05, 4.69) is 10.6 Å². The Balaban J connectivity index is 1.73. The molecule has 3 rings (SSSR count). The van der Waals surface area contributed by atoms with Crippen molar-refractivity contribution in [2.75, 3.05) is 10.6 Å². The van der Waals surface area contributed by atoms with E-state index in [1.165, 1.54) is 6.92 Å². The summed E-state index contributed by atoms with van der Waals surface area (Å²) in [5.74, 6) is -1.63. The highest BCUT2D eigenvalue weighted by Crippen LogP contribution is 2.25. The van der Waals surface area contributed by atoms with Crippen LogP contribution < -0.4 is 10.6 Å². The first-order chi connectivity index (χ1) is 13.6. The number of fused-ring (bicyclic) bond motifs is 1. The Hall–Kier alpha value is -3.48. The molecule has 1 aliphatic rings. The van der Waals surface area contributed by atoms with Crippen molar-refractivity contribution in [2.45, 2.75) is 33.7 Å². The Morgan fingerprint density at radius 2 is 1.38 bits per heavy atom. The van der Waals surface area contributed by atoms with Gasteiger partial charge < -0.3 is 10.6 Å². The molecule has 1 atom stereocenters. The summed E-state index contributed by atoms with van der Waals surface area (Å²) in [5, 5.41) is 5.50. The van der Waals surface area contributed by atoms with Crippen LogP contribution in [0, 0.1) is 5.41 Å². The van der Waals surface area contributed by atoms with Gasteiger partial charge in [0.2, 0.25) is 11.8 Å². The highest BCUT2D eigenvalue weighted by Gasteiger charge is 2.40. The van der Waals surface area contributed by atoms with Crippen LogP contribution in [0.15, 0.2) is 48.5 Å². The van der Waals surface area contributed by atoms with Crippen LogP contribution in [-0.4, -0.2) is 34.6 Å². The Kier molecular flexibility index (Phi) is 5.24. The number of imide groups is 1. The minimum Gasteiger partial charge on any atom is -0.326 e. The quantitative estimate of drug-likeness (QED) is 0.779. The summed E-state index contributed by atoms with van der Waals surface area (Å²) in [5.41, 5.74) is 1.02. The van der Waals surface area contributed by atoms with E-state index >= 15 is 0 Å². The van der Waals surface area contributed by atoms with Crippen LogP contribution in [0.5, 0.6) is 0 Å². The third kappa shape index (κ3) is 4.03. The average molecular weight is 393 g/mol. The fourth-order valence-electron chi connectivity index (χ4n) is 2.92. The highest BCUT2D eigenvalue weighted by molar-refractivity contribution is 6.23. The van der Waals surface area contributed by atoms with Gasteiger partial charge in [-0.1, -0.05) is 39.0 Å². The van der Waals surface area contributed by atoms with Crippen molar-refractivity contribution in [3.8, 4) is 0 Å². The number of hydrogen-bond acceptors (Lipinski definition) is 4. The van der Waals surface area contributed by atoms with Crippen molar-refractivity contribution >= 4 is 35.0 Å². The predicted molar refractivity (Wildman–Crippen MR) is 110 cm³/mol. The first-order valence-corrected chi connectivity index (χ1v) is 9.29. The van der Waals surface area contributed by atoms with Gasteiger partial charge in [0.25, 0.3) is 11.8 Å². The summed E-state index contributed by atoms with van der Waals surface area (Å²) < 4.78 is 0. The normalized spacial score (nSPS) is 14.4. The minimum atomic E-state index is -0.991. The maximum Gasteiger partial charge on any atom is 0.262 e. The van der Waals surface area contributed by atoms with Gasteiger partial charge in [-0.15, -0.1) is 0 Å². The number of benzene rings is 2. The largest absolute Gasteiger partial charge is 0.326 e. The molecule has 0 aromatic heterocycles. The summed E-state index contributed by atoms with van der Waals surface area (Å²) in [6.45, 7) is 6.91. The first kappa shape index (κ1) is 20.3. The molecule has 7 heteroatoms. The van der Waals surface area contributed by atoms with E-state index < -0.39 is 29.2 Å². The second-order valence-electron chi connectivity index (χ2n) is 7.98. The van der Waals surface area contributed by atoms with Crippen LogP contribution in [0.3, 0.4) is 0 Å². The number of anilines is 2. The lowest BCUT2D eigenvalue weighted by atomic mass is 9.95. The smallest absolute Gasteiger partial charge is 0.262 e. The Labute approximate surface area is 169 Å². The van der Waals surface area contributed by atoms with E-state index in [0.717, 1.165) is 4.90 Å². The molecule has 150 valence electrons. The van der Waals surface area contributed by atoms with Gasteiger partial charge in [-0.25, -0.2) is 0 Å². The fraction of sp³-hybridized carbons (Fsp3) is 0.273. The summed E-state index contributed by atoms with van der Waals surface area (Å²) in [4.78, 5) is 50.9. The zero-order valence-corrected chi connectivity index (χ0v) is 16.8. The molecule has 1 aliphatic heterocycles. The van der Waals surface area contributed by atoms with Crippen molar-refractivity contribution in [1.82, 2.24) is 4.90 Å². The number of nitrogens with one attached hydrogen (secondary N) is 2. The van der Waals surface area contributed by atoms with Crippen LogP contribution in [-0.2, 0) is 9.59 Å². The number of nitrogens with zero attached hydrogens (tertiary/aromatic N) is 1. The van der Waals surface area contributed by atoms with Crippen LogP contribution in [0.4, 0.5) is 11.4 Å². The van der Waals surface area contributed by atoms with Crippen LogP contribution in [0.2, 0.25) is 0 Å². The van der Waals surface area contributed by atoms with Gasteiger partial charge in [0.05, 0.1) is 11.1 Å². The predicted octanol–water partition coefficient (Wildman–Crippen LogP) is 3.29. The molecule has 29 heavy (non-hydrogen) atoms. The van der Waals surface area contributed by atoms with E-state index in [9.17, 15) is 19.2 Å². The van der Waals surface area contributed by atoms with E-state index in [1.54, 1.807) is 69.3 Å². The molecule has 7 nitrogen and oxygen atoms in total. The van der Waals surface area contributed by atoms with Gasteiger partial charge in [-0.05, 0) is 37.3 Å². The number of rotatable bonds is 4. The summed E-state index contributed by atoms with van der Waals surface area (Å²) in [7, 11) is 0. The Bertz CT molecular complexity index is 972. The third-order valence-electron chi connectivity index (χ3n) is 4.66. The van der Waals surface area contributed by atoms with Gasteiger partial charge in [0.15, 0.2) is 0 Å². The third-order valence-corrected chi connectivity index (χ3v) is 4.66. The van der Waals surface area contributed by atoms with Crippen molar-refractivity contribution in [2.24, 2.45) is 5.41 Å². The van der Waals surface area contributed by atoms with Crippen molar-refractivity contribution in [1.29, 1.82) is 0 Å². The van der Waals surface area contributed by atoms with Crippen LogP contribution in [0.1, 0.15) is 48.4 Å². The van der Waals surface area contributed by atoms with Crippen molar-refractivity contribution in [3.63, 3.8) is 0 Å². The zero-order valence-electron chi connectivity index (χ0n) is 16.8. The lowest BCUT2D eigenvalue weighted by Gasteiger charge is -2.22. The van der Waals surface area contributed by atoms with Gasteiger partial charge in [0.1, 0.15) is 6.04 Å². The van der Waals surface area contributed by atoms with E-state index in [0.29, 0.717) is 22.5 Å². The van der Waals surface area contributed by atoms with Gasteiger partial charge >= 0.3 is 0 Å². The number of amides is 4. The molecule has 2 aromatic carbocycles. The summed E-state index contributed by atoms with van der Waals surface area (Å²) in [6, 6.07) is 12.2. The van der Waals surface area contributed by atoms with Gasteiger partial charge in [-0.2, -0.15) is 0 Å². The molecule has 0 saturated heterocycles. The lowest BCUT2D eigenvalue weighted by Crippen LogP contribution is -2.45. The Morgan fingerprint density at radius 1 is 0.862 bits per heavy atom. The average Bonchev–Trinajstić information content (AvgIpc) is 2.91. The monoisotopic (exact) mass is 393 g/mol. The standard InChI is InChI=1S/C22H23N3O4/c1-13(25-19(27)16-10-5-6-11-17(16)20(25)28)18(26)23-14-8-7-9-15(12-14)24-21(29)22(2,3)4/h5-13H,1-4H3,(H,23,26)(H,24,29). The summed E-state index contributed by atoms with van der Waals surface area (Å²) in [6.07, 6.45) is 0. The topological polar surface area (TPSA) is 95.6 Å². The molecule has 1 heterocycles. The molecule has 0 aliphatic carbocycles. The highest BCUT2D eigenvalue weighted by atomic mass is 16.2. The fourth-order valence-corrected chi connectivity index (χ4v) is 2.92. The SMILES string of the molecule is CC(C(=O)Nc1cccc(NC(=O)C(C)(C)C)c1)N1C(=O)c2ccccc2C1=O. The second-order valence-corrected chi connectivity index (χ2v) is 7.98. The maximum atomic E-state index is 12.7. The molecule has 2 N–H and O–H groups in total. The van der Waals surface area contributed by atoms with E-state index in [-0.39, 0.29) is 5.91 Å². The number of carbonyl (C=O) groups is 4. The van der Waals surface area contributed by atoms with E-state index in [1.807, 2.05) is 0 Å². The summed E-state index contributed by atoms with van der Waals surface area (Å²) >= 11 is 0. The molecule has 0 spiro atoms. The molecular weight excluding hydrogens is 370 g/mol. The minimum absolute atomic E-state index is 0.152. The number of hydrogen-bond donors (Lipinski definition) is 2. The zero-order chi connectivity index (χ0) is 21.3. The van der Waals surface area contributed by atoms with E-state index in [4.69, 9.17) is 0 Å². The Morgan fingerprint density at radius 3 is 1.90 bits per heavy atom. The molecular formula is C22H23N3O4. The molecule has 4 amide bonds. The molecule has 0 saturated carbocycles. The molecule has 0 fully saturated rings.